The lowest BCUT2D eigenvalue weighted by atomic mass is 10.1. The van der Waals surface area contributed by atoms with E-state index in [0.717, 1.165) is 22.9 Å². The Morgan fingerprint density at radius 1 is 1.47 bits per heavy atom. The number of halogens is 1. The van der Waals surface area contributed by atoms with Gasteiger partial charge in [-0.2, -0.15) is 5.26 Å². The van der Waals surface area contributed by atoms with E-state index in [9.17, 15) is 0 Å². The fourth-order valence-corrected chi connectivity index (χ4v) is 1.86. The zero-order valence-electron chi connectivity index (χ0n) is 8.29. The lowest BCUT2D eigenvalue weighted by Crippen LogP contribution is -1.90. The van der Waals surface area contributed by atoms with Crippen LogP contribution in [0.2, 0.25) is 5.02 Å². The van der Waals surface area contributed by atoms with Crippen LogP contribution in [0.25, 0.3) is 10.9 Å². The van der Waals surface area contributed by atoms with Gasteiger partial charge in [0.2, 0.25) is 0 Å². The molecule has 0 aliphatic carbocycles. The molecule has 0 aliphatic heterocycles. The highest BCUT2D eigenvalue weighted by atomic mass is 35.5. The van der Waals surface area contributed by atoms with E-state index in [-0.39, 0.29) is 0 Å². The van der Waals surface area contributed by atoms with E-state index in [1.807, 2.05) is 24.3 Å². The lowest BCUT2D eigenvalue weighted by Gasteiger charge is -2.05. The molecule has 0 fully saturated rings. The number of para-hydroxylation sites is 1. The van der Waals surface area contributed by atoms with Crippen molar-refractivity contribution in [3.8, 4) is 6.07 Å². The highest BCUT2D eigenvalue weighted by molar-refractivity contribution is 6.36. The molecular weight excluding hydrogens is 208 g/mol. The van der Waals surface area contributed by atoms with Crippen LogP contribution < -0.4 is 0 Å². The molecule has 0 N–H and O–H groups in total. The highest BCUT2D eigenvalue weighted by Crippen LogP contribution is 2.27. The Hall–Kier alpha value is -1.59. The monoisotopic (exact) mass is 216 g/mol. The number of aromatic nitrogens is 1. The number of rotatable bonds is 1. The molecule has 2 nitrogen and oxygen atoms in total. The molecule has 2 rings (SSSR count). The van der Waals surface area contributed by atoms with Gasteiger partial charge in [0.25, 0.3) is 0 Å². The number of nitriles is 1. The molecule has 74 valence electrons. The summed E-state index contributed by atoms with van der Waals surface area (Å²) >= 11 is 6.11. The molecule has 2 aromatic rings. The van der Waals surface area contributed by atoms with Gasteiger partial charge in [-0.15, -0.1) is 0 Å². The zero-order chi connectivity index (χ0) is 10.8. The van der Waals surface area contributed by atoms with Crippen LogP contribution in [0.1, 0.15) is 18.1 Å². The van der Waals surface area contributed by atoms with Crippen molar-refractivity contribution in [3.05, 3.63) is 40.5 Å². The molecule has 0 saturated carbocycles. The smallest absolute Gasteiger partial charge is 0.102 e. The Balaban J connectivity index is 2.85. The van der Waals surface area contributed by atoms with Crippen LogP contribution in [0.5, 0.6) is 0 Å². The third kappa shape index (κ3) is 1.55. The van der Waals surface area contributed by atoms with Crippen LogP contribution >= 0.6 is 11.6 Å². The van der Waals surface area contributed by atoms with E-state index in [1.54, 1.807) is 0 Å². The molecule has 0 bridgehead atoms. The van der Waals surface area contributed by atoms with Crippen LogP contribution in [0.15, 0.2) is 24.4 Å². The van der Waals surface area contributed by atoms with Crippen LogP contribution in [0.3, 0.4) is 0 Å². The first kappa shape index (κ1) is 9.95. The second kappa shape index (κ2) is 3.88. The number of hydrogen-bond donors (Lipinski definition) is 0. The van der Waals surface area contributed by atoms with Crippen molar-refractivity contribution in [1.82, 2.24) is 4.98 Å². The van der Waals surface area contributed by atoms with E-state index in [1.165, 1.54) is 6.20 Å². The maximum Gasteiger partial charge on any atom is 0.102 e. The van der Waals surface area contributed by atoms with Gasteiger partial charge in [-0.1, -0.05) is 36.7 Å². The molecule has 15 heavy (non-hydrogen) atoms. The molecule has 0 radical (unpaired) electrons. The van der Waals surface area contributed by atoms with E-state index < -0.39 is 0 Å². The second-order valence-corrected chi connectivity index (χ2v) is 3.64. The zero-order valence-corrected chi connectivity index (χ0v) is 9.04. The Labute approximate surface area is 93.1 Å². The minimum atomic E-state index is 0.428. The van der Waals surface area contributed by atoms with Crippen LogP contribution in [0.4, 0.5) is 0 Å². The summed E-state index contributed by atoms with van der Waals surface area (Å²) in [6.45, 7) is 2.07. The van der Waals surface area contributed by atoms with Crippen molar-refractivity contribution in [2.24, 2.45) is 0 Å². The summed E-state index contributed by atoms with van der Waals surface area (Å²) in [5.41, 5.74) is 2.47. The van der Waals surface area contributed by atoms with Gasteiger partial charge in [-0.25, -0.2) is 0 Å². The molecule has 3 heteroatoms. The Kier molecular flexibility index (Phi) is 2.57. The third-order valence-corrected chi connectivity index (χ3v) is 2.82. The van der Waals surface area contributed by atoms with Crippen LogP contribution in [-0.2, 0) is 6.42 Å². The predicted molar refractivity (Wildman–Crippen MR) is 60.8 cm³/mol. The van der Waals surface area contributed by atoms with Gasteiger partial charge in [0, 0.05) is 11.6 Å². The molecule has 0 aliphatic rings. The molecule has 0 unspecified atom stereocenters. The average Bonchev–Trinajstić information content (AvgIpc) is 2.29. The Bertz CT molecular complexity index is 555. The summed E-state index contributed by atoms with van der Waals surface area (Å²) in [4.78, 5) is 4.28. The van der Waals surface area contributed by atoms with Gasteiger partial charge in [0.05, 0.1) is 16.1 Å². The SMILES string of the molecule is CCc1cccc2c(Cl)c(C#N)cnc12. The largest absolute Gasteiger partial charge is 0.254 e. The molecule has 0 atom stereocenters. The summed E-state index contributed by atoms with van der Waals surface area (Å²) in [5.74, 6) is 0. The first-order chi connectivity index (χ1) is 7.27. The Morgan fingerprint density at radius 3 is 2.93 bits per heavy atom. The van der Waals surface area contributed by atoms with Crippen molar-refractivity contribution >= 4 is 22.5 Å². The maximum absolute atomic E-state index is 8.83. The first-order valence-electron chi connectivity index (χ1n) is 4.74. The van der Waals surface area contributed by atoms with E-state index in [2.05, 4.69) is 11.9 Å². The topological polar surface area (TPSA) is 36.7 Å². The fourth-order valence-electron chi connectivity index (χ4n) is 1.62. The van der Waals surface area contributed by atoms with Crippen molar-refractivity contribution in [3.63, 3.8) is 0 Å². The van der Waals surface area contributed by atoms with Gasteiger partial charge in [0.1, 0.15) is 6.07 Å². The number of benzene rings is 1. The maximum atomic E-state index is 8.83. The fraction of sp³-hybridized carbons (Fsp3) is 0.167. The average molecular weight is 217 g/mol. The number of aryl methyl sites for hydroxylation is 1. The van der Waals surface area contributed by atoms with Crippen molar-refractivity contribution in [1.29, 1.82) is 5.26 Å². The molecule has 1 heterocycles. The summed E-state index contributed by atoms with van der Waals surface area (Å²) in [6.07, 6.45) is 2.44. The number of hydrogen-bond acceptors (Lipinski definition) is 2. The molecule has 1 aromatic carbocycles. The van der Waals surface area contributed by atoms with Gasteiger partial charge < -0.3 is 0 Å². The van der Waals surface area contributed by atoms with Crippen molar-refractivity contribution in [2.75, 3.05) is 0 Å². The number of nitrogens with zero attached hydrogens (tertiary/aromatic N) is 2. The normalized spacial score (nSPS) is 10.2. The summed E-state index contributed by atoms with van der Waals surface area (Å²) in [5, 5.41) is 10.2. The molecule has 0 amide bonds. The predicted octanol–water partition coefficient (Wildman–Crippen LogP) is 3.32. The van der Waals surface area contributed by atoms with Crippen molar-refractivity contribution in [2.45, 2.75) is 13.3 Å². The Morgan fingerprint density at radius 2 is 2.27 bits per heavy atom. The summed E-state index contributed by atoms with van der Waals surface area (Å²) in [7, 11) is 0. The van der Waals surface area contributed by atoms with Gasteiger partial charge in [0.15, 0.2) is 0 Å². The third-order valence-electron chi connectivity index (χ3n) is 2.42. The number of pyridine rings is 1. The quantitative estimate of drug-likeness (QED) is 0.733. The molecular formula is C12H9ClN2. The first-order valence-corrected chi connectivity index (χ1v) is 5.12. The summed E-state index contributed by atoms with van der Waals surface area (Å²) < 4.78 is 0. The molecule has 0 spiro atoms. The highest BCUT2D eigenvalue weighted by Gasteiger charge is 2.08. The van der Waals surface area contributed by atoms with Crippen molar-refractivity contribution < 1.29 is 0 Å². The van der Waals surface area contributed by atoms with Gasteiger partial charge in [-0.05, 0) is 12.0 Å². The number of fused-ring (bicyclic) bond motifs is 1. The van der Waals surface area contributed by atoms with Crippen LogP contribution in [0, 0.1) is 11.3 Å². The van der Waals surface area contributed by atoms with Crippen LogP contribution in [-0.4, -0.2) is 4.98 Å². The minimum Gasteiger partial charge on any atom is -0.254 e. The van der Waals surface area contributed by atoms with Gasteiger partial charge in [-0.3, -0.25) is 4.98 Å². The minimum absolute atomic E-state index is 0.428. The van der Waals surface area contributed by atoms with E-state index in [0.29, 0.717) is 10.6 Å². The van der Waals surface area contributed by atoms with E-state index >= 15 is 0 Å². The van der Waals surface area contributed by atoms with E-state index in [4.69, 9.17) is 16.9 Å². The summed E-state index contributed by atoms with van der Waals surface area (Å²) in [6, 6.07) is 7.89. The lowest BCUT2D eigenvalue weighted by molar-refractivity contribution is 1.14. The second-order valence-electron chi connectivity index (χ2n) is 3.26. The molecule has 1 aromatic heterocycles. The standard InChI is InChI=1S/C12H9ClN2/c1-2-8-4-3-5-10-11(13)9(6-14)7-15-12(8)10/h3-5,7H,2H2,1H3. The van der Waals surface area contributed by atoms with Gasteiger partial charge >= 0.3 is 0 Å². The molecule has 0 saturated heterocycles.